The van der Waals surface area contributed by atoms with Crippen LogP contribution in [0.3, 0.4) is 0 Å². The molecule has 6 rings (SSSR count). The first-order valence-electron chi connectivity index (χ1n) is 13.8. The molecule has 1 atom stereocenters. The van der Waals surface area contributed by atoms with Crippen LogP contribution in [-0.4, -0.2) is 24.8 Å². The van der Waals surface area contributed by atoms with Crippen LogP contribution in [-0.2, 0) is 32.6 Å². The average Bonchev–Trinajstić information content (AvgIpc) is 3.47. The van der Waals surface area contributed by atoms with E-state index in [1.54, 1.807) is 0 Å². The third kappa shape index (κ3) is 6.30. The fourth-order valence-corrected chi connectivity index (χ4v) is 5.44. The van der Waals surface area contributed by atoms with E-state index in [1.165, 1.54) is 28.8 Å². The van der Waals surface area contributed by atoms with Gasteiger partial charge < -0.3 is 10.3 Å². The van der Waals surface area contributed by atoms with E-state index in [1.807, 2.05) is 42.9 Å². The number of benzene rings is 2. The van der Waals surface area contributed by atoms with Crippen molar-refractivity contribution in [3.05, 3.63) is 137 Å². The van der Waals surface area contributed by atoms with Gasteiger partial charge in [0.25, 0.3) is 0 Å². The van der Waals surface area contributed by atoms with Gasteiger partial charge in [0, 0.05) is 43.8 Å². The number of aromatic nitrogens is 4. The topological polar surface area (TPSA) is 69.7 Å². The number of aryl methyl sites for hydroxylation is 1. The molecule has 3 aromatic heterocycles. The molecule has 0 saturated heterocycles. The van der Waals surface area contributed by atoms with Gasteiger partial charge in [0.2, 0.25) is 0 Å². The number of imidazole rings is 1. The summed E-state index contributed by atoms with van der Waals surface area (Å²) in [5, 5.41) is 3.50. The molecule has 6 heteroatoms. The van der Waals surface area contributed by atoms with Gasteiger partial charge in [-0.05, 0) is 54.2 Å². The Morgan fingerprint density at radius 1 is 0.795 bits per heavy atom. The van der Waals surface area contributed by atoms with Gasteiger partial charge in [0.05, 0.1) is 29.7 Å². The fourth-order valence-electron chi connectivity index (χ4n) is 5.44. The number of nitrogens with one attached hydrogen (secondary N) is 2. The third-order valence-electron chi connectivity index (χ3n) is 7.43. The van der Waals surface area contributed by atoms with Gasteiger partial charge in [-0.2, -0.15) is 0 Å². The lowest BCUT2D eigenvalue weighted by molar-refractivity contribution is 0.153. The van der Waals surface area contributed by atoms with Gasteiger partial charge >= 0.3 is 0 Å². The molecule has 0 aliphatic heterocycles. The van der Waals surface area contributed by atoms with Crippen molar-refractivity contribution in [1.29, 1.82) is 0 Å². The van der Waals surface area contributed by atoms with E-state index < -0.39 is 0 Å². The Bertz CT molecular complexity index is 1460. The van der Waals surface area contributed by atoms with E-state index in [4.69, 9.17) is 9.97 Å². The lowest BCUT2D eigenvalue weighted by Gasteiger charge is -2.34. The summed E-state index contributed by atoms with van der Waals surface area (Å²) in [6.45, 7) is 3.15. The van der Waals surface area contributed by atoms with Gasteiger partial charge in [0.15, 0.2) is 0 Å². The zero-order valence-electron chi connectivity index (χ0n) is 22.1. The number of nitrogens with zero attached hydrogens (tertiary/aromatic N) is 4. The first-order valence-corrected chi connectivity index (χ1v) is 13.8. The van der Waals surface area contributed by atoms with Gasteiger partial charge in [-0.25, -0.2) is 4.98 Å². The minimum absolute atomic E-state index is 0.264. The Hall–Kier alpha value is -4.13. The lowest BCUT2D eigenvalue weighted by atomic mass is 9.90. The largest absolute Gasteiger partial charge is 0.347 e. The summed E-state index contributed by atoms with van der Waals surface area (Å²) in [7, 11) is 0. The molecule has 1 unspecified atom stereocenters. The van der Waals surface area contributed by atoms with Gasteiger partial charge in [-0.15, -0.1) is 0 Å². The maximum atomic E-state index is 4.95. The Morgan fingerprint density at radius 3 is 2.46 bits per heavy atom. The minimum Gasteiger partial charge on any atom is -0.347 e. The SMILES string of the molecule is c1ccc(-c2c[nH]c(CN(Cc3ccc(CNCc4ccccn4)cc3)C3CCCc4cccnc43)n2)cc1. The Morgan fingerprint density at radius 2 is 1.62 bits per heavy atom. The summed E-state index contributed by atoms with van der Waals surface area (Å²) in [4.78, 5) is 20.2. The zero-order chi connectivity index (χ0) is 26.3. The van der Waals surface area contributed by atoms with E-state index in [9.17, 15) is 0 Å². The van der Waals surface area contributed by atoms with Crippen LogP contribution in [0.2, 0.25) is 0 Å². The number of hydrogen-bond donors (Lipinski definition) is 2. The molecule has 3 heterocycles. The monoisotopic (exact) mass is 514 g/mol. The van der Waals surface area contributed by atoms with E-state index in [0.717, 1.165) is 61.8 Å². The number of aromatic amines is 1. The molecule has 39 heavy (non-hydrogen) atoms. The highest BCUT2D eigenvalue weighted by Gasteiger charge is 2.28. The van der Waals surface area contributed by atoms with Gasteiger partial charge in [0.1, 0.15) is 5.82 Å². The fraction of sp³-hybridized carbons (Fsp3) is 0.242. The van der Waals surface area contributed by atoms with Crippen LogP contribution in [0, 0.1) is 0 Å². The van der Waals surface area contributed by atoms with Crippen molar-refractivity contribution in [2.24, 2.45) is 0 Å². The number of fused-ring (bicyclic) bond motifs is 1. The summed E-state index contributed by atoms with van der Waals surface area (Å²) >= 11 is 0. The van der Waals surface area contributed by atoms with Crippen molar-refractivity contribution < 1.29 is 0 Å². The summed E-state index contributed by atoms with van der Waals surface area (Å²) in [5.41, 5.74) is 8.32. The number of hydrogen-bond acceptors (Lipinski definition) is 5. The standard InChI is InChI=1S/C33H34N6/c1-2-8-27(9-3-1)30-22-37-32(38-30)24-39(31-13-6-10-28-11-7-19-36-33(28)31)23-26-16-14-25(15-17-26)20-34-21-29-12-4-5-18-35-29/h1-5,7-9,11-12,14-19,22,31,34H,6,10,13,20-21,23-24H2,(H,37,38). The van der Waals surface area contributed by atoms with E-state index >= 15 is 0 Å². The van der Waals surface area contributed by atoms with Crippen LogP contribution in [0.25, 0.3) is 11.3 Å². The summed E-state index contributed by atoms with van der Waals surface area (Å²) in [6, 6.07) is 29.9. The normalized spacial score (nSPS) is 14.8. The molecule has 0 spiro atoms. The molecule has 0 saturated carbocycles. The van der Waals surface area contributed by atoms with Crippen molar-refractivity contribution >= 4 is 0 Å². The average molecular weight is 515 g/mol. The Balaban J connectivity index is 1.18. The molecule has 5 aromatic rings. The molecule has 0 fully saturated rings. The molecule has 2 aromatic carbocycles. The smallest absolute Gasteiger partial charge is 0.121 e. The predicted octanol–water partition coefficient (Wildman–Crippen LogP) is 6.24. The summed E-state index contributed by atoms with van der Waals surface area (Å²) in [6.07, 6.45) is 9.17. The van der Waals surface area contributed by atoms with Crippen molar-refractivity contribution in [1.82, 2.24) is 30.2 Å². The molecule has 2 N–H and O–H groups in total. The zero-order valence-corrected chi connectivity index (χ0v) is 22.1. The number of rotatable bonds is 10. The van der Waals surface area contributed by atoms with Crippen LogP contribution in [0.4, 0.5) is 0 Å². The molecular weight excluding hydrogens is 480 g/mol. The Labute approximate surface area is 230 Å². The molecule has 0 radical (unpaired) electrons. The predicted molar refractivity (Wildman–Crippen MR) is 154 cm³/mol. The van der Waals surface area contributed by atoms with Crippen LogP contribution in [0.15, 0.2) is 104 Å². The maximum absolute atomic E-state index is 4.95. The summed E-state index contributed by atoms with van der Waals surface area (Å²) in [5.74, 6) is 0.979. The molecule has 1 aliphatic rings. The number of H-pyrrole nitrogens is 1. The van der Waals surface area contributed by atoms with Crippen molar-refractivity contribution in [3.63, 3.8) is 0 Å². The van der Waals surface area contributed by atoms with Crippen molar-refractivity contribution in [2.75, 3.05) is 0 Å². The second-order valence-corrected chi connectivity index (χ2v) is 10.2. The van der Waals surface area contributed by atoms with E-state index in [-0.39, 0.29) is 6.04 Å². The second-order valence-electron chi connectivity index (χ2n) is 10.2. The van der Waals surface area contributed by atoms with Crippen LogP contribution >= 0.6 is 0 Å². The molecule has 0 bridgehead atoms. The third-order valence-corrected chi connectivity index (χ3v) is 7.43. The molecule has 196 valence electrons. The highest BCUT2D eigenvalue weighted by molar-refractivity contribution is 5.58. The minimum atomic E-state index is 0.264. The van der Waals surface area contributed by atoms with E-state index in [0.29, 0.717) is 0 Å². The van der Waals surface area contributed by atoms with Crippen LogP contribution < -0.4 is 5.32 Å². The highest BCUT2D eigenvalue weighted by Crippen LogP contribution is 2.34. The van der Waals surface area contributed by atoms with E-state index in [2.05, 4.69) is 80.8 Å². The lowest BCUT2D eigenvalue weighted by Crippen LogP contribution is -2.31. The molecule has 0 amide bonds. The molecule has 6 nitrogen and oxygen atoms in total. The Kier molecular flexibility index (Phi) is 7.84. The maximum Gasteiger partial charge on any atom is 0.121 e. The molecule has 1 aliphatic carbocycles. The number of pyridine rings is 2. The van der Waals surface area contributed by atoms with Gasteiger partial charge in [-0.1, -0.05) is 66.7 Å². The first kappa shape index (κ1) is 25.2. The summed E-state index contributed by atoms with van der Waals surface area (Å²) < 4.78 is 0. The quantitative estimate of drug-likeness (QED) is 0.231. The van der Waals surface area contributed by atoms with Crippen molar-refractivity contribution in [2.45, 2.75) is 51.5 Å². The van der Waals surface area contributed by atoms with Crippen molar-refractivity contribution in [3.8, 4) is 11.3 Å². The molecular formula is C33H34N6. The first-order chi connectivity index (χ1) is 19.3. The van der Waals surface area contributed by atoms with Gasteiger partial charge in [-0.3, -0.25) is 14.9 Å². The van der Waals surface area contributed by atoms with Crippen LogP contribution in [0.5, 0.6) is 0 Å². The second kappa shape index (κ2) is 12.2. The van der Waals surface area contributed by atoms with Crippen LogP contribution in [0.1, 0.15) is 52.8 Å². The highest BCUT2D eigenvalue weighted by atomic mass is 15.2.